The molecule has 0 bridgehead atoms. The van der Waals surface area contributed by atoms with Gasteiger partial charge in [-0.3, -0.25) is 14.5 Å². The number of carbonyl (C=O) groups excluding carboxylic acids is 2. The van der Waals surface area contributed by atoms with E-state index in [1.54, 1.807) is 4.90 Å². The predicted octanol–water partition coefficient (Wildman–Crippen LogP) is 5.38. The fourth-order valence-corrected chi connectivity index (χ4v) is 4.40. The van der Waals surface area contributed by atoms with E-state index in [-0.39, 0.29) is 11.8 Å². The summed E-state index contributed by atoms with van der Waals surface area (Å²) in [5.41, 5.74) is 2.89. The Morgan fingerprint density at radius 2 is 2.00 bits per heavy atom. The molecule has 0 unspecified atom stereocenters. The van der Waals surface area contributed by atoms with Gasteiger partial charge < -0.3 is 5.32 Å². The van der Waals surface area contributed by atoms with Crippen molar-refractivity contribution in [3.63, 3.8) is 0 Å². The lowest BCUT2D eigenvalue weighted by Gasteiger charge is -2.14. The number of thioether (sulfide) groups is 1. The van der Waals surface area contributed by atoms with Crippen LogP contribution in [0.15, 0.2) is 57.9 Å². The van der Waals surface area contributed by atoms with Crippen molar-refractivity contribution in [3.8, 4) is 0 Å². The Kier molecular flexibility index (Phi) is 7.04. The van der Waals surface area contributed by atoms with Crippen molar-refractivity contribution >= 4 is 67.8 Å². The highest BCUT2D eigenvalue weighted by Gasteiger charge is 2.31. The zero-order valence-electron chi connectivity index (χ0n) is 15.3. The molecule has 2 aromatic rings. The molecular weight excluding hydrogens is 456 g/mol. The van der Waals surface area contributed by atoms with E-state index in [0.717, 1.165) is 15.7 Å². The Hall–Kier alpha value is -1.96. The van der Waals surface area contributed by atoms with E-state index < -0.39 is 0 Å². The van der Waals surface area contributed by atoms with Gasteiger partial charge in [0.15, 0.2) is 0 Å². The Morgan fingerprint density at radius 3 is 2.71 bits per heavy atom. The summed E-state index contributed by atoms with van der Waals surface area (Å²) in [5.74, 6) is -0.179. The van der Waals surface area contributed by atoms with Crippen LogP contribution in [0.25, 0.3) is 6.08 Å². The first kappa shape index (κ1) is 20.8. The monoisotopic (exact) mass is 474 g/mol. The Bertz CT molecular complexity index is 942. The number of aryl methyl sites for hydroxylation is 1. The molecule has 28 heavy (non-hydrogen) atoms. The quantitative estimate of drug-likeness (QED) is 0.451. The fraction of sp³-hybridized carbons (Fsp3) is 0.190. The fourth-order valence-electron chi connectivity index (χ4n) is 2.69. The Labute approximate surface area is 182 Å². The number of hydrogen-bond acceptors (Lipinski definition) is 4. The highest BCUT2D eigenvalue weighted by molar-refractivity contribution is 9.10. The molecule has 0 spiro atoms. The summed E-state index contributed by atoms with van der Waals surface area (Å²) in [7, 11) is 0. The number of anilines is 1. The molecule has 4 nitrogen and oxygen atoms in total. The van der Waals surface area contributed by atoms with Gasteiger partial charge in [0, 0.05) is 23.1 Å². The first-order chi connectivity index (χ1) is 13.4. The van der Waals surface area contributed by atoms with Crippen molar-refractivity contribution in [3.05, 3.63) is 69.0 Å². The van der Waals surface area contributed by atoms with Crippen LogP contribution in [0.4, 0.5) is 5.69 Å². The number of benzene rings is 2. The van der Waals surface area contributed by atoms with E-state index in [4.69, 9.17) is 12.2 Å². The third-order valence-corrected chi connectivity index (χ3v) is 6.01. The van der Waals surface area contributed by atoms with E-state index in [0.29, 0.717) is 28.6 Å². The first-order valence-corrected chi connectivity index (χ1v) is 10.8. The normalized spacial score (nSPS) is 15.4. The molecule has 0 aromatic heterocycles. The second-order valence-electron chi connectivity index (χ2n) is 6.41. The zero-order valence-corrected chi connectivity index (χ0v) is 18.5. The molecule has 2 amide bonds. The number of nitrogens with zero attached hydrogens (tertiary/aromatic N) is 1. The highest BCUT2D eigenvalue weighted by atomic mass is 79.9. The lowest BCUT2D eigenvalue weighted by molar-refractivity contribution is -0.122. The number of amides is 2. The maximum atomic E-state index is 12.6. The molecule has 1 saturated heterocycles. The number of carbonyl (C=O) groups is 2. The van der Waals surface area contributed by atoms with Crippen molar-refractivity contribution in [1.29, 1.82) is 0 Å². The Morgan fingerprint density at radius 1 is 1.25 bits per heavy atom. The molecule has 1 aliphatic heterocycles. The number of thiocarbonyl (C=S) groups is 1. The van der Waals surface area contributed by atoms with Gasteiger partial charge in [-0.25, -0.2) is 0 Å². The van der Waals surface area contributed by atoms with Crippen LogP contribution >= 0.6 is 39.9 Å². The minimum atomic E-state index is -0.0945. The summed E-state index contributed by atoms with van der Waals surface area (Å²) < 4.78 is 1.44. The van der Waals surface area contributed by atoms with E-state index >= 15 is 0 Å². The SMILES string of the molecule is Cc1ccc(/C=C2\SC(=S)N(CCCC(=O)Nc3cccc(Br)c3)C2=O)cc1. The summed E-state index contributed by atoms with van der Waals surface area (Å²) in [6.45, 7) is 2.46. The summed E-state index contributed by atoms with van der Waals surface area (Å²) in [6, 6.07) is 15.4. The first-order valence-electron chi connectivity index (χ1n) is 8.80. The number of rotatable bonds is 6. The third-order valence-electron chi connectivity index (χ3n) is 4.14. The molecule has 2 aromatic carbocycles. The molecule has 1 N–H and O–H groups in total. The molecule has 0 saturated carbocycles. The van der Waals surface area contributed by atoms with Crippen LogP contribution in [-0.4, -0.2) is 27.6 Å². The predicted molar refractivity (Wildman–Crippen MR) is 123 cm³/mol. The van der Waals surface area contributed by atoms with Crippen molar-refractivity contribution in [1.82, 2.24) is 4.90 Å². The van der Waals surface area contributed by atoms with Crippen LogP contribution in [0.2, 0.25) is 0 Å². The lowest BCUT2D eigenvalue weighted by Crippen LogP contribution is -2.29. The third kappa shape index (κ3) is 5.53. The molecule has 144 valence electrons. The standard InChI is InChI=1S/C21H19BrN2O2S2/c1-14-7-9-15(10-8-14)12-18-20(26)24(21(27)28-18)11-3-6-19(25)23-17-5-2-4-16(22)13-17/h2,4-5,7-10,12-13H,3,6,11H2,1H3,(H,23,25)/b18-12-. The minimum Gasteiger partial charge on any atom is -0.326 e. The van der Waals surface area contributed by atoms with Crippen LogP contribution in [0.1, 0.15) is 24.0 Å². The molecule has 0 atom stereocenters. The molecular formula is C21H19BrN2O2S2. The maximum absolute atomic E-state index is 12.6. The average molecular weight is 475 g/mol. The van der Waals surface area contributed by atoms with Gasteiger partial charge in [-0.2, -0.15) is 0 Å². The molecule has 0 radical (unpaired) electrons. The second kappa shape index (κ2) is 9.49. The van der Waals surface area contributed by atoms with Crippen LogP contribution < -0.4 is 5.32 Å². The van der Waals surface area contributed by atoms with Gasteiger partial charge in [-0.05, 0) is 43.2 Å². The molecule has 7 heteroatoms. The van der Waals surface area contributed by atoms with E-state index in [1.165, 1.54) is 17.3 Å². The van der Waals surface area contributed by atoms with Gasteiger partial charge in [-0.1, -0.05) is 75.8 Å². The maximum Gasteiger partial charge on any atom is 0.266 e. The number of hydrogen-bond donors (Lipinski definition) is 1. The average Bonchev–Trinajstić information content (AvgIpc) is 2.91. The van der Waals surface area contributed by atoms with Crippen molar-refractivity contribution in [2.24, 2.45) is 0 Å². The van der Waals surface area contributed by atoms with Gasteiger partial charge in [-0.15, -0.1) is 0 Å². The van der Waals surface area contributed by atoms with Crippen LogP contribution in [0, 0.1) is 6.92 Å². The summed E-state index contributed by atoms with van der Waals surface area (Å²) in [5, 5.41) is 2.85. The lowest BCUT2D eigenvalue weighted by atomic mass is 10.1. The smallest absolute Gasteiger partial charge is 0.266 e. The topological polar surface area (TPSA) is 49.4 Å². The van der Waals surface area contributed by atoms with Crippen LogP contribution in [0.5, 0.6) is 0 Å². The van der Waals surface area contributed by atoms with Gasteiger partial charge in [0.25, 0.3) is 5.91 Å². The number of nitrogens with one attached hydrogen (secondary N) is 1. The largest absolute Gasteiger partial charge is 0.326 e. The molecule has 1 fully saturated rings. The molecule has 3 rings (SSSR count). The van der Waals surface area contributed by atoms with Gasteiger partial charge in [0.1, 0.15) is 4.32 Å². The zero-order chi connectivity index (χ0) is 20.1. The van der Waals surface area contributed by atoms with Crippen LogP contribution in [0.3, 0.4) is 0 Å². The summed E-state index contributed by atoms with van der Waals surface area (Å²) in [6.07, 6.45) is 2.73. The van der Waals surface area contributed by atoms with Gasteiger partial charge in [0.05, 0.1) is 4.91 Å². The van der Waals surface area contributed by atoms with Crippen molar-refractivity contribution in [2.75, 3.05) is 11.9 Å². The molecule has 1 heterocycles. The van der Waals surface area contributed by atoms with Crippen molar-refractivity contribution < 1.29 is 9.59 Å². The molecule has 0 aliphatic carbocycles. The second-order valence-corrected chi connectivity index (χ2v) is 9.00. The van der Waals surface area contributed by atoms with E-state index in [9.17, 15) is 9.59 Å². The summed E-state index contributed by atoms with van der Waals surface area (Å²) in [4.78, 5) is 26.9. The Balaban J connectivity index is 1.53. The minimum absolute atomic E-state index is 0.0845. The molecule has 1 aliphatic rings. The van der Waals surface area contributed by atoms with Crippen molar-refractivity contribution in [2.45, 2.75) is 19.8 Å². The van der Waals surface area contributed by atoms with Gasteiger partial charge >= 0.3 is 0 Å². The van der Waals surface area contributed by atoms with E-state index in [1.807, 2.05) is 61.5 Å². The highest BCUT2D eigenvalue weighted by Crippen LogP contribution is 2.32. The number of halogens is 1. The van der Waals surface area contributed by atoms with E-state index in [2.05, 4.69) is 21.2 Å². The van der Waals surface area contributed by atoms with Crippen LogP contribution in [-0.2, 0) is 9.59 Å². The summed E-state index contributed by atoms with van der Waals surface area (Å²) >= 11 is 10.0. The van der Waals surface area contributed by atoms with Gasteiger partial charge in [0.2, 0.25) is 5.91 Å².